The van der Waals surface area contributed by atoms with Crippen LogP contribution < -0.4 is 11.2 Å². The third-order valence-corrected chi connectivity index (χ3v) is 10.2. The quantitative estimate of drug-likeness (QED) is 0.482. The fourth-order valence-electron chi connectivity index (χ4n) is 2.79. The van der Waals surface area contributed by atoms with Crippen molar-refractivity contribution in [3.8, 4) is 0 Å². The van der Waals surface area contributed by atoms with Gasteiger partial charge in [-0.15, -0.1) is 0 Å². The van der Waals surface area contributed by atoms with Gasteiger partial charge < -0.3 is 19.0 Å². The number of aromatic nitrogens is 2. The monoisotopic (exact) mass is 476 g/mol. The summed E-state index contributed by atoms with van der Waals surface area (Å²) in [4.78, 5) is 28.1. The molecular formula is C18H29BrN2O6Si. The number of nitrogens with one attached hydrogen (secondary N) is 1. The molecule has 0 aromatic carbocycles. The molecule has 1 aromatic rings. The van der Waals surface area contributed by atoms with E-state index in [4.69, 9.17) is 13.9 Å². The number of halogens is 1. The minimum Gasteiger partial charge on any atom is -0.411 e. The van der Waals surface area contributed by atoms with Crippen LogP contribution in [0.3, 0.4) is 0 Å². The molecule has 158 valence electrons. The standard InChI is InChI=1S/C18H29BrN2O6Si/c1-18(2,3)28(5,6)27-12-9-13(26-14(12)16(23)25-4)21-10-11(7-8-19)15(22)20-17(21)24/h7-8,10,12-14,16,23H,9H2,1-6H3,(H,20,22,24)/t12-,13+,14-,16?/m0/s1. The molecule has 0 saturated carbocycles. The Kier molecular flexibility index (Phi) is 7.27. The summed E-state index contributed by atoms with van der Waals surface area (Å²) in [6.45, 7) is 10.6. The average Bonchev–Trinajstić information content (AvgIpc) is 2.98. The lowest BCUT2D eigenvalue weighted by atomic mass is 10.1. The number of rotatable bonds is 6. The molecule has 1 aromatic heterocycles. The molecule has 1 fully saturated rings. The van der Waals surface area contributed by atoms with Gasteiger partial charge in [0.05, 0.1) is 11.7 Å². The zero-order chi connectivity index (χ0) is 21.3. The molecule has 0 radical (unpaired) electrons. The molecule has 0 amide bonds. The predicted molar refractivity (Wildman–Crippen MR) is 113 cm³/mol. The van der Waals surface area contributed by atoms with Crippen LogP contribution in [-0.2, 0) is 13.9 Å². The Hall–Kier alpha value is -1.04. The van der Waals surface area contributed by atoms with E-state index in [1.807, 2.05) is 0 Å². The highest BCUT2D eigenvalue weighted by atomic mass is 79.9. The number of hydrogen-bond acceptors (Lipinski definition) is 6. The largest absolute Gasteiger partial charge is 0.411 e. The van der Waals surface area contributed by atoms with Crippen molar-refractivity contribution in [3.63, 3.8) is 0 Å². The first-order chi connectivity index (χ1) is 12.9. The maximum Gasteiger partial charge on any atom is 0.330 e. The van der Waals surface area contributed by atoms with Crippen molar-refractivity contribution >= 4 is 30.3 Å². The Labute approximate surface area is 173 Å². The number of nitrogens with zero attached hydrogens (tertiary/aromatic N) is 1. The summed E-state index contributed by atoms with van der Waals surface area (Å²) in [6, 6.07) is 0. The van der Waals surface area contributed by atoms with Crippen LogP contribution in [0.15, 0.2) is 20.8 Å². The molecule has 1 aliphatic heterocycles. The van der Waals surface area contributed by atoms with Crippen molar-refractivity contribution in [3.05, 3.63) is 37.6 Å². The van der Waals surface area contributed by atoms with E-state index in [1.54, 1.807) is 0 Å². The maximum absolute atomic E-state index is 12.3. The number of methoxy groups -OCH3 is 1. The van der Waals surface area contributed by atoms with Gasteiger partial charge in [0.2, 0.25) is 0 Å². The first-order valence-electron chi connectivity index (χ1n) is 9.07. The SMILES string of the molecule is COC(O)[C@H]1O[C@@H](n2cc(C=CBr)c(=O)[nH]c2=O)C[C@@H]1O[Si](C)(C)C(C)(C)C. The second-order valence-corrected chi connectivity index (χ2v) is 13.7. The number of aliphatic hydroxyl groups excluding tert-OH is 1. The molecule has 10 heteroatoms. The Morgan fingerprint density at radius 2 is 2.07 bits per heavy atom. The molecule has 4 atom stereocenters. The third-order valence-electron chi connectivity index (χ3n) is 5.44. The van der Waals surface area contributed by atoms with Crippen LogP contribution in [0.1, 0.15) is 39.0 Å². The Morgan fingerprint density at radius 1 is 1.43 bits per heavy atom. The molecule has 1 aliphatic rings. The first kappa shape index (κ1) is 23.2. The minimum absolute atomic E-state index is 0.0314. The lowest BCUT2D eigenvalue weighted by Crippen LogP contribution is -2.48. The first-order valence-corrected chi connectivity index (χ1v) is 12.9. The fraction of sp³-hybridized carbons (Fsp3) is 0.667. The second-order valence-electron chi connectivity index (χ2n) is 8.38. The second kappa shape index (κ2) is 8.76. The van der Waals surface area contributed by atoms with Crippen LogP contribution in [0, 0.1) is 0 Å². The summed E-state index contributed by atoms with van der Waals surface area (Å²) in [5, 5.41) is 10.2. The highest BCUT2D eigenvalue weighted by Crippen LogP contribution is 2.41. The lowest BCUT2D eigenvalue weighted by molar-refractivity contribution is -0.182. The number of ether oxygens (including phenoxy) is 2. The summed E-state index contributed by atoms with van der Waals surface area (Å²) in [5.41, 5.74) is -0.768. The molecule has 0 spiro atoms. The topological polar surface area (TPSA) is 103 Å². The van der Waals surface area contributed by atoms with Crippen molar-refractivity contribution in [2.75, 3.05) is 7.11 Å². The van der Waals surface area contributed by atoms with Gasteiger partial charge in [-0.2, -0.15) is 0 Å². The van der Waals surface area contributed by atoms with Gasteiger partial charge in [0, 0.05) is 19.7 Å². The smallest absolute Gasteiger partial charge is 0.330 e. The Bertz CT molecular complexity index is 829. The number of hydrogen-bond donors (Lipinski definition) is 2. The van der Waals surface area contributed by atoms with E-state index in [-0.39, 0.29) is 5.04 Å². The zero-order valence-corrected chi connectivity index (χ0v) is 19.6. The zero-order valence-electron chi connectivity index (χ0n) is 17.1. The van der Waals surface area contributed by atoms with Gasteiger partial charge in [0.1, 0.15) is 12.3 Å². The van der Waals surface area contributed by atoms with Crippen LogP contribution in [0.4, 0.5) is 0 Å². The van der Waals surface area contributed by atoms with Gasteiger partial charge in [-0.3, -0.25) is 14.3 Å². The van der Waals surface area contributed by atoms with Crippen LogP contribution in [0.5, 0.6) is 0 Å². The molecule has 1 saturated heterocycles. The number of aliphatic hydroxyl groups is 1. The van der Waals surface area contributed by atoms with E-state index < -0.39 is 44.3 Å². The van der Waals surface area contributed by atoms with Gasteiger partial charge in [0.25, 0.3) is 5.56 Å². The van der Waals surface area contributed by atoms with E-state index in [0.717, 1.165) is 0 Å². The van der Waals surface area contributed by atoms with Crippen LogP contribution >= 0.6 is 15.9 Å². The molecule has 2 heterocycles. The maximum atomic E-state index is 12.3. The number of aromatic amines is 1. The predicted octanol–water partition coefficient (Wildman–Crippen LogP) is 2.54. The summed E-state index contributed by atoms with van der Waals surface area (Å²) in [6.07, 6.45) is 0.231. The fourth-order valence-corrected chi connectivity index (χ4v) is 4.42. The number of H-pyrrole nitrogens is 1. The van der Waals surface area contributed by atoms with Crippen molar-refractivity contribution in [2.45, 2.75) is 70.1 Å². The van der Waals surface area contributed by atoms with Crippen LogP contribution in [0.25, 0.3) is 6.08 Å². The molecule has 2 rings (SSSR count). The van der Waals surface area contributed by atoms with Gasteiger partial charge in [-0.1, -0.05) is 36.7 Å². The summed E-state index contributed by atoms with van der Waals surface area (Å²) >= 11 is 3.13. The molecular weight excluding hydrogens is 448 g/mol. The minimum atomic E-state index is -2.16. The van der Waals surface area contributed by atoms with E-state index in [1.165, 1.54) is 28.9 Å². The summed E-state index contributed by atoms with van der Waals surface area (Å²) < 4.78 is 18.8. The molecule has 1 unspecified atom stereocenters. The Morgan fingerprint density at radius 3 is 2.61 bits per heavy atom. The van der Waals surface area contributed by atoms with E-state index in [9.17, 15) is 14.7 Å². The van der Waals surface area contributed by atoms with E-state index in [2.05, 4.69) is 54.8 Å². The highest BCUT2D eigenvalue weighted by Gasteiger charge is 2.47. The van der Waals surface area contributed by atoms with Gasteiger partial charge in [-0.25, -0.2) is 4.79 Å². The third kappa shape index (κ3) is 4.92. The van der Waals surface area contributed by atoms with Gasteiger partial charge in [0.15, 0.2) is 14.6 Å². The van der Waals surface area contributed by atoms with E-state index in [0.29, 0.717) is 12.0 Å². The van der Waals surface area contributed by atoms with Gasteiger partial charge >= 0.3 is 5.69 Å². The van der Waals surface area contributed by atoms with Crippen molar-refractivity contribution in [1.29, 1.82) is 0 Å². The highest BCUT2D eigenvalue weighted by molar-refractivity contribution is 9.11. The van der Waals surface area contributed by atoms with Crippen LogP contribution in [-0.4, -0.2) is 48.6 Å². The molecule has 0 aliphatic carbocycles. The van der Waals surface area contributed by atoms with Crippen LogP contribution in [0.2, 0.25) is 18.1 Å². The molecule has 0 bridgehead atoms. The molecule has 2 N–H and O–H groups in total. The lowest BCUT2D eigenvalue weighted by Gasteiger charge is -2.39. The van der Waals surface area contributed by atoms with E-state index >= 15 is 0 Å². The summed E-state index contributed by atoms with van der Waals surface area (Å²) in [7, 11) is -0.772. The Balaban J connectivity index is 2.38. The van der Waals surface area contributed by atoms with Crippen molar-refractivity contribution < 1.29 is 19.0 Å². The van der Waals surface area contributed by atoms with Gasteiger partial charge in [-0.05, 0) is 29.2 Å². The normalized spacial score (nSPS) is 24.8. The average molecular weight is 477 g/mol. The summed E-state index contributed by atoms with van der Waals surface area (Å²) in [5.74, 6) is 0. The molecule has 8 nitrogen and oxygen atoms in total. The molecule has 28 heavy (non-hydrogen) atoms. The van der Waals surface area contributed by atoms with Crippen molar-refractivity contribution in [2.24, 2.45) is 0 Å². The van der Waals surface area contributed by atoms with Crippen molar-refractivity contribution in [1.82, 2.24) is 9.55 Å².